The van der Waals surface area contributed by atoms with E-state index in [-0.39, 0.29) is 24.1 Å². The Bertz CT molecular complexity index is 980. The lowest BCUT2D eigenvalue weighted by molar-refractivity contribution is -0.121. The second-order valence-electron chi connectivity index (χ2n) is 8.14. The maximum absolute atomic E-state index is 12.4. The molecule has 1 amide bonds. The Morgan fingerprint density at radius 1 is 1.33 bits per heavy atom. The molecule has 3 N–H and O–H groups in total. The zero-order valence-electron chi connectivity index (χ0n) is 17.5. The van der Waals surface area contributed by atoms with Gasteiger partial charge in [-0.1, -0.05) is 12.1 Å². The monoisotopic (exact) mass is 425 g/mol. The van der Waals surface area contributed by atoms with Crippen molar-refractivity contribution in [3.05, 3.63) is 41.3 Å². The summed E-state index contributed by atoms with van der Waals surface area (Å²) in [7, 11) is 0. The molecule has 0 saturated carbocycles. The number of thiocarbonyl (C=S) groups is 1. The highest BCUT2D eigenvalue weighted by Crippen LogP contribution is 2.38. The minimum Gasteiger partial charge on any atom is -0.487 e. The molecule has 2 aliphatic heterocycles. The number of rotatable bonds is 5. The van der Waals surface area contributed by atoms with Gasteiger partial charge in [0.1, 0.15) is 11.9 Å². The molecule has 8 heteroatoms. The van der Waals surface area contributed by atoms with E-state index in [1.165, 1.54) is 0 Å². The maximum atomic E-state index is 12.4. The Kier molecular flexibility index (Phi) is 5.85. The number of amides is 1. The molecule has 1 aromatic carbocycles. The van der Waals surface area contributed by atoms with Gasteiger partial charge in [-0.2, -0.15) is 0 Å². The molecule has 158 valence electrons. The molecule has 1 saturated heterocycles. The van der Waals surface area contributed by atoms with Gasteiger partial charge in [-0.3, -0.25) is 9.78 Å². The Labute approximate surface area is 182 Å². The van der Waals surface area contributed by atoms with Crippen molar-refractivity contribution in [2.24, 2.45) is 0 Å². The molecule has 3 heterocycles. The minimum atomic E-state index is -0.0934. The molecule has 3 atom stereocenters. The van der Waals surface area contributed by atoms with Crippen molar-refractivity contribution in [2.45, 2.75) is 58.2 Å². The molecule has 0 spiro atoms. The molecule has 1 aromatic heterocycles. The van der Waals surface area contributed by atoms with Crippen LogP contribution in [0.15, 0.2) is 24.4 Å². The molecule has 7 nitrogen and oxygen atoms in total. The van der Waals surface area contributed by atoms with Crippen molar-refractivity contribution in [3.63, 3.8) is 0 Å². The highest BCUT2D eigenvalue weighted by Gasteiger charge is 2.28. The summed E-state index contributed by atoms with van der Waals surface area (Å²) in [4.78, 5) is 21.5. The average Bonchev–Trinajstić information content (AvgIpc) is 3.11. The zero-order valence-corrected chi connectivity index (χ0v) is 18.3. The van der Waals surface area contributed by atoms with E-state index in [0.29, 0.717) is 18.1 Å². The quantitative estimate of drug-likeness (QED) is 0.633. The molecular formula is C22H27N5O2S. The van der Waals surface area contributed by atoms with Gasteiger partial charge < -0.3 is 20.7 Å². The zero-order chi connectivity index (χ0) is 21.3. The summed E-state index contributed by atoms with van der Waals surface area (Å²) in [6.07, 6.45) is 3.69. The van der Waals surface area contributed by atoms with Crippen LogP contribution in [0.3, 0.4) is 0 Å². The van der Waals surface area contributed by atoms with Crippen molar-refractivity contribution >= 4 is 23.2 Å². The van der Waals surface area contributed by atoms with Gasteiger partial charge in [0.15, 0.2) is 5.11 Å². The molecule has 0 bridgehead atoms. The Hall–Kier alpha value is -2.74. The number of carbonyl (C=O) groups is 1. The van der Waals surface area contributed by atoms with E-state index in [1.54, 1.807) is 6.20 Å². The van der Waals surface area contributed by atoms with Crippen molar-refractivity contribution < 1.29 is 9.53 Å². The first-order valence-electron chi connectivity index (χ1n) is 10.3. The van der Waals surface area contributed by atoms with E-state index in [4.69, 9.17) is 17.0 Å². The third kappa shape index (κ3) is 4.53. The predicted octanol–water partition coefficient (Wildman–Crippen LogP) is 2.20. The van der Waals surface area contributed by atoms with Gasteiger partial charge in [0.2, 0.25) is 5.91 Å². The number of carbonyl (C=O) groups excluding carboxylic acids is 1. The molecule has 0 radical (unpaired) electrons. The van der Waals surface area contributed by atoms with Crippen LogP contribution in [0.1, 0.15) is 36.7 Å². The summed E-state index contributed by atoms with van der Waals surface area (Å²) in [5, 5.41) is 9.96. The van der Waals surface area contributed by atoms with Gasteiger partial charge in [-0.15, -0.1) is 0 Å². The number of benzene rings is 1. The Balaban J connectivity index is 1.38. The summed E-state index contributed by atoms with van der Waals surface area (Å²) in [5.41, 5.74) is 4.68. The SMILES string of the molecule is Cc1cnc(C)c(-c2cccc3c2O[C@H](CNC(=O)C[C@@H]2C[C@@H](C)NC(=S)N2)C3)n1. The largest absolute Gasteiger partial charge is 0.487 e. The lowest BCUT2D eigenvalue weighted by atomic mass is 10.0. The van der Waals surface area contributed by atoms with Crippen LogP contribution >= 0.6 is 12.2 Å². The summed E-state index contributed by atoms with van der Waals surface area (Å²) in [6, 6.07) is 6.44. The van der Waals surface area contributed by atoms with Crippen LogP contribution in [0.2, 0.25) is 0 Å². The molecule has 2 aromatic rings. The fourth-order valence-corrected chi connectivity index (χ4v) is 4.45. The van der Waals surface area contributed by atoms with E-state index in [2.05, 4.69) is 38.9 Å². The van der Waals surface area contributed by atoms with E-state index in [0.717, 1.165) is 46.8 Å². The molecule has 1 fully saturated rings. The van der Waals surface area contributed by atoms with E-state index in [1.807, 2.05) is 26.0 Å². The Morgan fingerprint density at radius 2 is 2.17 bits per heavy atom. The van der Waals surface area contributed by atoms with Gasteiger partial charge in [0.25, 0.3) is 0 Å². The maximum Gasteiger partial charge on any atom is 0.222 e. The molecule has 30 heavy (non-hydrogen) atoms. The molecule has 0 aliphatic carbocycles. The third-order valence-corrected chi connectivity index (χ3v) is 5.70. The summed E-state index contributed by atoms with van der Waals surface area (Å²) < 4.78 is 6.23. The predicted molar refractivity (Wildman–Crippen MR) is 119 cm³/mol. The van der Waals surface area contributed by atoms with E-state index < -0.39 is 0 Å². The lowest BCUT2D eigenvalue weighted by Crippen LogP contribution is -2.54. The normalized spacial score (nSPS) is 22.5. The van der Waals surface area contributed by atoms with Crippen LogP contribution in [-0.4, -0.2) is 45.7 Å². The van der Waals surface area contributed by atoms with Crippen molar-refractivity contribution in [3.8, 4) is 17.0 Å². The standard InChI is InChI=1S/C22H27N5O2S/c1-12-7-16(27-22(30)26-12)9-19(28)24-11-17-8-15-5-4-6-18(21(15)29-17)20-14(3)23-10-13(2)25-20/h4-6,10,12,16-17H,7-9,11H2,1-3H3,(H,24,28)(H2,26,27,30)/t12-,16+,17+/m1/s1. The second-order valence-corrected chi connectivity index (χ2v) is 8.55. The van der Waals surface area contributed by atoms with Crippen molar-refractivity contribution in [1.29, 1.82) is 0 Å². The second kappa shape index (κ2) is 8.55. The van der Waals surface area contributed by atoms with Gasteiger partial charge in [-0.05, 0) is 51.0 Å². The van der Waals surface area contributed by atoms with Gasteiger partial charge in [0, 0.05) is 36.7 Å². The topological polar surface area (TPSA) is 88.2 Å². The first-order chi connectivity index (χ1) is 14.4. The van der Waals surface area contributed by atoms with Crippen molar-refractivity contribution in [2.75, 3.05) is 6.54 Å². The molecule has 2 aliphatic rings. The first kappa shape index (κ1) is 20.5. The van der Waals surface area contributed by atoms with Crippen LogP contribution < -0.4 is 20.7 Å². The number of fused-ring (bicyclic) bond motifs is 1. The molecular weight excluding hydrogens is 398 g/mol. The molecule has 0 unspecified atom stereocenters. The fourth-order valence-electron chi connectivity index (χ4n) is 4.08. The van der Waals surface area contributed by atoms with Crippen LogP contribution in [0.25, 0.3) is 11.3 Å². The number of para-hydroxylation sites is 1. The van der Waals surface area contributed by atoms with Crippen LogP contribution in [-0.2, 0) is 11.2 Å². The first-order valence-corrected chi connectivity index (χ1v) is 10.7. The third-order valence-electron chi connectivity index (χ3n) is 5.47. The fraction of sp³-hybridized carbons (Fsp3) is 0.455. The summed E-state index contributed by atoms with van der Waals surface area (Å²) in [5.74, 6) is 0.850. The van der Waals surface area contributed by atoms with Crippen LogP contribution in [0, 0.1) is 13.8 Å². The number of aromatic nitrogens is 2. The van der Waals surface area contributed by atoms with Gasteiger partial charge in [0.05, 0.1) is 23.6 Å². The smallest absolute Gasteiger partial charge is 0.222 e. The highest BCUT2D eigenvalue weighted by molar-refractivity contribution is 7.80. The number of hydrogen-bond donors (Lipinski definition) is 3. The van der Waals surface area contributed by atoms with Crippen molar-refractivity contribution in [1.82, 2.24) is 25.9 Å². The summed E-state index contributed by atoms with van der Waals surface area (Å²) >= 11 is 5.19. The highest BCUT2D eigenvalue weighted by atomic mass is 32.1. The van der Waals surface area contributed by atoms with E-state index >= 15 is 0 Å². The van der Waals surface area contributed by atoms with Gasteiger partial charge in [-0.25, -0.2) is 4.98 Å². The molecule has 4 rings (SSSR count). The van der Waals surface area contributed by atoms with Gasteiger partial charge >= 0.3 is 0 Å². The number of nitrogens with zero attached hydrogens (tertiary/aromatic N) is 2. The summed E-state index contributed by atoms with van der Waals surface area (Å²) in [6.45, 7) is 6.42. The number of ether oxygens (including phenoxy) is 1. The lowest BCUT2D eigenvalue weighted by Gasteiger charge is -2.30. The van der Waals surface area contributed by atoms with Crippen LogP contribution in [0.4, 0.5) is 0 Å². The Morgan fingerprint density at radius 3 is 2.97 bits per heavy atom. The van der Waals surface area contributed by atoms with Crippen LogP contribution in [0.5, 0.6) is 5.75 Å². The average molecular weight is 426 g/mol. The minimum absolute atomic E-state index is 0.00424. The number of nitrogens with one attached hydrogen (secondary N) is 3. The number of aryl methyl sites for hydroxylation is 2. The van der Waals surface area contributed by atoms with E-state index in [9.17, 15) is 4.79 Å². The number of hydrogen-bond acceptors (Lipinski definition) is 5.